The minimum Gasteiger partial charge on any atom is -0.361 e. The van der Waals surface area contributed by atoms with E-state index in [1.807, 2.05) is 32.0 Å². The summed E-state index contributed by atoms with van der Waals surface area (Å²) in [5.41, 5.74) is 3.92. The summed E-state index contributed by atoms with van der Waals surface area (Å²) < 4.78 is 6.99. The van der Waals surface area contributed by atoms with Gasteiger partial charge in [0.1, 0.15) is 11.5 Å². The topological polar surface area (TPSA) is 89.9 Å². The normalized spacial score (nSPS) is 16.9. The van der Waals surface area contributed by atoms with E-state index >= 15 is 0 Å². The van der Waals surface area contributed by atoms with Crippen molar-refractivity contribution in [3.8, 4) is 11.3 Å². The third-order valence-corrected chi connectivity index (χ3v) is 4.99. The number of carbonyl (C=O) groups excluding carboxylic acids is 1. The number of imidazole rings is 1. The van der Waals surface area contributed by atoms with Crippen LogP contribution in [0.5, 0.6) is 0 Å². The number of hydrogen-bond acceptors (Lipinski definition) is 6. The minimum atomic E-state index is -0.00191. The third-order valence-electron chi connectivity index (χ3n) is 4.99. The predicted molar refractivity (Wildman–Crippen MR) is 97.9 cm³/mol. The molecule has 140 valence electrons. The quantitative estimate of drug-likeness (QED) is 0.703. The molecule has 1 unspecified atom stereocenters. The summed E-state index contributed by atoms with van der Waals surface area (Å²) in [4.78, 5) is 27.6. The number of carbonyl (C=O) groups is 1. The van der Waals surface area contributed by atoms with Gasteiger partial charge in [-0.3, -0.25) is 14.8 Å². The van der Waals surface area contributed by atoms with Crippen LogP contribution in [0.3, 0.4) is 0 Å². The zero-order valence-corrected chi connectivity index (χ0v) is 15.7. The molecule has 3 aromatic heterocycles. The van der Waals surface area contributed by atoms with Gasteiger partial charge in [-0.15, -0.1) is 0 Å². The molecule has 3 aromatic rings. The Morgan fingerprint density at radius 1 is 1.26 bits per heavy atom. The summed E-state index contributed by atoms with van der Waals surface area (Å²) in [6.45, 7) is 5.25. The lowest BCUT2D eigenvalue weighted by Crippen LogP contribution is -2.29. The van der Waals surface area contributed by atoms with Gasteiger partial charge in [0.15, 0.2) is 0 Å². The van der Waals surface area contributed by atoms with Gasteiger partial charge in [-0.05, 0) is 32.6 Å². The lowest BCUT2D eigenvalue weighted by atomic mass is 10.0. The molecule has 1 aliphatic heterocycles. The highest BCUT2D eigenvalue weighted by molar-refractivity contribution is 5.92. The molecule has 4 heterocycles. The molecule has 0 saturated carbocycles. The molecule has 27 heavy (non-hydrogen) atoms. The molecule has 4 rings (SSSR count). The molecule has 1 amide bonds. The Balaban J connectivity index is 1.39. The molecule has 0 bridgehead atoms. The SMILES string of the molecule is Cc1noc(C)c1-c1cnc(CC2CCN(C(=O)c3cn(C)cn3)C2)cn1. The Labute approximate surface area is 157 Å². The van der Waals surface area contributed by atoms with Crippen molar-refractivity contribution in [2.75, 3.05) is 13.1 Å². The summed E-state index contributed by atoms with van der Waals surface area (Å²) in [5, 5.41) is 3.96. The predicted octanol–water partition coefficient (Wildman–Crippen LogP) is 2.19. The van der Waals surface area contributed by atoms with Crippen molar-refractivity contribution in [1.82, 2.24) is 29.6 Å². The van der Waals surface area contributed by atoms with Crippen molar-refractivity contribution < 1.29 is 9.32 Å². The summed E-state index contributed by atoms with van der Waals surface area (Å²) in [6.07, 6.45) is 8.76. The molecule has 1 aliphatic rings. The van der Waals surface area contributed by atoms with E-state index in [2.05, 4.69) is 20.1 Å². The second-order valence-corrected chi connectivity index (χ2v) is 7.13. The van der Waals surface area contributed by atoms with Gasteiger partial charge in [0.05, 0.1) is 35.2 Å². The number of amides is 1. The van der Waals surface area contributed by atoms with Gasteiger partial charge in [0.2, 0.25) is 0 Å². The van der Waals surface area contributed by atoms with E-state index in [0.29, 0.717) is 11.6 Å². The first-order valence-corrected chi connectivity index (χ1v) is 9.02. The molecular weight excluding hydrogens is 344 g/mol. The molecule has 8 heteroatoms. The molecule has 0 spiro atoms. The van der Waals surface area contributed by atoms with Crippen molar-refractivity contribution in [1.29, 1.82) is 0 Å². The summed E-state index contributed by atoms with van der Waals surface area (Å²) in [5.74, 6) is 1.13. The maximum Gasteiger partial charge on any atom is 0.274 e. The average Bonchev–Trinajstić information content (AvgIpc) is 3.37. The number of rotatable bonds is 4. The largest absolute Gasteiger partial charge is 0.361 e. The van der Waals surface area contributed by atoms with Crippen LogP contribution in [-0.4, -0.2) is 48.6 Å². The van der Waals surface area contributed by atoms with Gasteiger partial charge < -0.3 is 14.0 Å². The van der Waals surface area contributed by atoms with Crippen molar-refractivity contribution in [3.63, 3.8) is 0 Å². The van der Waals surface area contributed by atoms with Gasteiger partial charge in [-0.1, -0.05) is 5.16 Å². The molecule has 1 fully saturated rings. The number of likely N-dealkylation sites (tertiary alicyclic amines) is 1. The Morgan fingerprint density at radius 3 is 2.74 bits per heavy atom. The van der Waals surface area contributed by atoms with Crippen LogP contribution in [0.25, 0.3) is 11.3 Å². The fraction of sp³-hybridized carbons (Fsp3) is 0.421. The summed E-state index contributed by atoms with van der Waals surface area (Å²) >= 11 is 0. The van der Waals surface area contributed by atoms with E-state index in [1.165, 1.54) is 0 Å². The Hall–Kier alpha value is -3.03. The van der Waals surface area contributed by atoms with Crippen LogP contribution in [0.2, 0.25) is 0 Å². The number of hydrogen-bond donors (Lipinski definition) is 0. The van der Waals surface area contributed by atoms with Crippen LogP contribution in [0.4, 0.5) is 0 Å². The standard InChI is InChI=1S/C19H22N6O2/c1-12-18(13(2)27-23-12)16-8-20-15(7-21-16)6-14-4-5-25(9-14)19(26)17-10-24(3)11-22-17/h7-8,10-11,14H,4-6,9H2,1-3H3. The molecule has 0 aliphatic carbocycles. The maximum atomic E-state index is 12.5. The Bertz CT molecular complexity index is 939. The molecule has 0 radical (unpaired) electrons. The second kappa shape index (κ2) is 6.94. The maximum absolute atomic E-state index is 12.5. The van der Waals surface area contributed by atoms with Crippen molar-refractivity contribution >= 4 is 5.91 Å². The number of aromatic nitrogens is 5. The number of aryl methyl sites for hydroxylation is 3. The van der Waals surface area contributed by atoms with E-state index in [4.69, 9.17) is 4.52 Å². The Kier molecular flexibility index (Phi) is 4.47. The smallest absolute Gasteiger partial charge is 0.274 e. The molecule has 0 aromatic carbocycles. The second-order valence-electron chi connectivity index (χ2n) is 7.13. The fourth-order valence-electron chi connectivity index (χ4n) is 3.60. The van der Waals surface area contributed by atoms with E-state index in [1.54, 1.807) is 23.3 Å². The van der Waals surface area contributed by atoms with Gasteiger partial charge in [0, 0.05) is 32.5 Å². The minimum absolute atomic E-state index is 0.00191. The molecule has 1 saturated heterocycles. The van der Waals surface area contributed by atoms with Crippen LogP contribution in [0, 0.1) is 19.8 Å². The highest BCUT2D eigenvalue weighted by Crippen LogP contribution is 2.25. The molecule has 0 N–H and O–H groups in total. The fourth-order valence-corrected chi connectivity index (χ4v) is 3.60. The van der Waals surface area contributed by atoms with Gasteiger partial charge in [0.25, 0.3) is 5.91 Å². The lowest BCUT2D eigenvalue weighted by Gasteiger charge is -2.15. The van der Waals surface area contributed by atoms with Gasteiger partial charge in [-0.25, -0.2) is 4.98 Å². The highest BCUT2D eigenvalue weighted by Gasteiger charge is 2.28. The van der Waals surface area contributed by atoms with Crippen LogP contribution >= 0.6 is 0 Å². The highest BCUT2D eigenvalue weighted by atomic mass is 16.5. The van der Waals surface area contributed by atoms with Crippen LogP contribution in [0.15, 0.2) is 29.4 Å². The third kappa shape index (κ3) is 3.47. The first-order valence-electron chi connectivity index (χ1n) is 9.02. The van der Waals surface area contributed by atoms with E-state index in [0.717, 1.165) is 54.3 Å². The average molecular weight is 366 g/mol. The zero-order chi connectivity index (χ0) is 19.0. The van der Waals surface area contributed by atoms with Crippen molar-refractivity contribution in [2.24, 2.45) is 13.0 Å². The molecule has 8 nitrogen and oxygen atoms in total. The van der Waals surface area contributed by atoms with E-state index in [9.17, 15) is 4.79 Å². The van der Waals surface area contributed by atoms with Crippen molar-refractivity contribution in [2.45, 2.75) is 26.7 Å². The zero-order valence-electron chi connectivity index (χ0n) is 15.7. The monoisotopic (exact) mass is 366 g/mol. The van der Waals surface area contributed by atoms with Gasteiger partial charge in [-0.2, -0.15) is 0 Å². The molecular formula is C19H22N6O2. The Morgan fingerprint density at radius 2 is 2.11 bits per heavy atom. The van der Waals surface area contributed by atoms with Crippen LogP contribution in [0.1, 0.15) is 34.1 Å². The van der Waals surface area contributed by atoms with Crippen LogP contribution in [-0.2, 0) is 13.5 Å². The van der Waals surface area contributed by atoms with E-state index < -0.39 is 0 Å². The van der Waals surface area contributed by atoms with Gasteiger partial charge >= 0.3 is 0 Å². The van der Waals surface area contributed by atoms with E-state index in [-0.39, 0.29) is 5.91 Å². The summed E-state index contributed by atoms with van der Waals surface area (Å²) in [7, 11) is 1.86. The van der Waals surface area contributed by atoms with Crippen LogP contribution < -0.4 is 0 Å². The summed E-state index contributed by atoms with van der Waals surface area (Å²) in [6, 6.07) is 0. The van der Waals surface area contributed by atoms with Crippen molar-refractivity contribution in [3.05, 3.63) is 47.8 Å². The molecule has 1 atom stereocenters. The first kappa shape index (κ1) is 17.4. The number of nitrogens with zero attached hydrogens (tertiary/aromatic N) is 6. The first-order chi connectivity index (χ1) is 13.0. The lowest BCUT2D eigenvalue weighted by molar-refractivity contribution is 0.0781.